The van der Waals surface area contributed by atoms with Gasteiger partial charge in [0.05, 0.1) is 25.4 Å². The van der Waals surface area contributed by atoms with E-state index in [1.807, 2.05) is 71.6 Å². The van der Waals surface area contributed by atoms with Crippen molar-refractivity contribution in [2.24, 2.45) is 0 Å². The zero-order valence-electron chi connectivity index (χ0n) is 17.5. The molecule has 0 saturated heterocycles. The number of benzene rings is 3. The Hall–Kier alpha value is -3.51. The number of anilines is 1. The van der Waals surface area contributed by atoms with Crippen LogP contribution in [0.4, 0.5) is 10.5 Å². The summed E-state index contributed by atoms with van der Waals surface area (Å²) in [5.74, 6) is 0.783. The SMILES string of the molecule is COc1ccc(C2c3cccn3-c3ccccc3CN2C(=O)Nc2cccc(Br)c2)cc1. The summed E-state index contributed by atoms with van der Waals surface area (Å²) in [6.07, 6.45) is 2.06. The lowest BCUT2D eigenvalue weighted by molar-refractivity contribution is 0.194. The molecule has 0 spiro atoms. The third-order valence-corrected chi connectivity index (χ3v) is 6.23. The molecule has 0 radical (unpaired) electrons. The van der Waals surface area contributed by atoms with Gasteiger partial charge in [-0.05, 0) is 59.7 Å². The maximum Gasteiger partial charge on any atom is 0.322 e. The fraction of sp³-hybridized carbons (Fsp3) is 0.115. The first-order valence-corrected chi connectivity index (χ1v) is 11.2. The topological polar surface area (TPSA) is 46.5 Å². The van der Waals surface area contributed by atoms with Crippen LogP contribution in [0, 0.1) is 0 Å². The van der Waals surface area contributed by atoms with Crippen molar-refractivity contribution in [3.63, 3.8) is 0 Å². The number of carbonyl (C=O) groups excluding carboxylic acids is 1. The number of hydrogen-bond donors (Lipinski definition) is 1. The van der Waals surface area contributed by atoms with Crippen LogP contribution in [-0.2, 0) is 6.54 Å². The van der Waals surface area contributed by atoms with Crippen LogP contribution in [0.5, 0.6) is 5.75 Å². The summed E-state index contributed by atoms with van der Waals surface area (Å²) in [6, 6.07) is 27.4. The van der Waals surface area contributed by atoms with E-state index in [4.69, 9.17) is 4.74 Å². The Labute approximate surface area is 195 Å². The van der Waals surface area contributed by atoms with Crippen LogP contribution >= 0.6 is 15.9 Å². The second-order valence-corrected chi connectivity index (χ2v) is 8.59. The van der Waals surface area contributed by atoms with Crippen LogP contribution in [0.2, 0.25) is 0 Å². The number of methoxy groups -OCH3 is 1. The van der Waals surface area contributed by atoms with E-state index < -0.39 is 0 Å². The highest BCUT2D eigenvalue weighted by atomic mass is 79.9. The minimum Gasteiger partial charge on any atom is -0.497 e. The number of aromatic nitrogens is 1. The van der Waals surface area contributed by atoms with Crippen LogP contribution in [0.25, 0.3) is 5.69 Å². The van der Waals surface area contributed by atoms with Crippen LogP contribution in [-0.4, -0.2) is 22.6 Å². The van der Waals surface area contributed by atoms with Gasteiger partial charge in [-0.25, -0.2) is 4.79 Å². The molecule has 32 heavy (non-hydrogen) atoms. The summed E-state index contributed by atoms with van der Waals surface area (Å²) >= 11 is 3.48. The zero-order valence-corrected chi connectivity index (χ0v) is 19.1. The van der Waals surface area contributed by atoms with Crippen molar-refractivity contribution in [2.75, 3.05) is 12.4 Å². The fourth-order valence-electron chi connectivity index (χ4n) is 4.24. The molecule has 5 rings (SSSR count). The molecule has 6 heteroatoms. The summed E-state index contributed by atoms with van der Waals surface area (Å²) in [4.78, 5) is 15.5. The van der Waals surface area contributed by atoms with Crippen LogP contribution in [0.15, 0.2) is 95.6 Å². The van der Waals surface area contributed by atoms with Gasteiger partial charge in [0.1, 0.15) is 5.75 Å². The molecule has 0 bridgehead atoms. The Bertz CT molecular complexity index is 1270. The first-order chi connectivity index (χ1) is 15.6. The molecule has 1 N–H and O–H groups in total. The predicted molar refractivity (Wildman–Crippen MR) is 129 cm³/mol. The average Bonchev–Trinajstić information content (AvgIpc) is 3.23. The molecule has 1 aromatic heterocycles. The normalized spacial score (nSPS) is 14.8. The van der Waals surface area contributed by atoms with Gasteiger partial charge < -0.3 is 19.5 Å². The van der Waals surface area contributed by atoms with Gasteiger partial charge in [0.2, 0.25) is 0 Å². The van der Waals surface area contributed by atoms with Crippen molar-refractivity contribution >= 4 is 27.6 Å². The zero-order chi connectivity index (χ0) is 22.1. The van der Waals surface area contributed by atoms with E-state index in [1.165, 1.54) is 0 Å². The molecule has 3 aromatic carbocycles. The summed E-state index contributed by atoms with van der Waals surface area (Å²) in [6.45, 7) is 0.481. The van der Waals surface area contributed by atoms with Gasteiger partial charge >= 0.3 is 6.03 Å². The molecule has 1 aliphatic rings. The number of urea groups is 1. The van der Waals surface area contributed by atoms with Crippen LogP contribution in [0.3, 0.4) is 0 Å². The van der Waals surface area contributed by atoms with Crippen molar-refractivity contribution in [3.8, 4) is 11.4 Å². The van der Waals surface area contributed by atoms with Crippen molar-refractivity contribution in [2.45, 2.75) is 12.6 Å². The Morgan fingerprint density at radius 2 is 1.81 bits per heavy atom. The number of nitrogens with zero attached hydrogens (tertiary/aromatic N) is 2. The van der Waals surface area contributed by atoms with Crippen molar-refractivity contribution in [1.29, 1.82) is 0 Å². The van der Waals surface area contributed by atoms with E-state index in [0.717, 1.165) is 38.4 Å². The highest BCUT2D eigenvalue weighted by Crippen LogP contribution is 2.37. The maximum atomic E-state index is 13.6. The molecule has 1 atom stereocenters. The number of halogens is 1. The molecule has 5 nitrogen and oxygen atoms in total. The molecule has 2 amide bonds. The minimum absolute atomic E-state index is 0.159. The van der Waals surface area contributed by atoms with E-state index in [1.54, 1.807) is 7.11 Å². The molecule has 1 unspecified atom stereocenters. The molecule has 0 aliphatic carbocycles. The lowest BCUT2D eigenvalue weighted by Crippen LogP contribution is -2.37. The number of rotatable bonds is 3. The molecule has 2 heterocycles. The maximum absolute atomic E-state index is 13.6. The van der Waals surface area contributed by atoms with Crippen molar-refractivity contribution in [1.82, 2.24) is 9.47 Å². The van der Waals surface area contributed by atoms with E-state index in [0.29, 0.717) is 6.54 Å². The minimum atomic E-state index is -0.268. The number of nitrogens with one attached hydrogen (secondary N) is 1. The second kappa shape index (κ2) is 8.55. The van der Waals surface area contributed by atoms with Gasteiger partial charge in [0, 0.05) is 22.1 Å². The lowest BCUT2D eigenvalue weighted by Gasteiger charge is -2.31. The molecule has 4 aromatic rings. The van der Waals surface area contributed by atoms with E-state index >= 15 is 0 Å². The molecular formula is C26H22BrN3O2. The van der Waals surface area contributed by atoms with Crippen LogP contribution in [0.1, 0.15) is 22.9 Å². The third kappa shape index (κ3) is 3.78. The van der Waals surface area contributed by atoms with E-state index in [2.05, 4.69) is 50.2 Å². The molecule has 0 saturated carbocycles. The third-order valence-electron chi connectivity index (χ3n) is 5.73. The summed E-state index contributed by atoms with van der Waals surface area (Å²) in [7, 11) is 1.65. The van der Waals surface area contributed by atoms with Crippen molar-refractivity contribution < 1.29 is 9.53 Å². The smallest absolute Gasteiger partial charge is 0.322 e. The Morgan fingerprint density at radius 1 is 1.00 bits per heavy atom. The number of hydrogen-bond acceptors (Lipinski definition) is 2. The average molecular weight is 488 g/mol. The molecular weight excluding hydrogens is 466 g/mol. The Kier molecular flexibility index (Phi) is 5.45. The summed E-state index contributed by atoms with van der Waals surface area (Å²) < 4.78 is 8.44. The summed E-state index contributed by atoms with van der Waals surface area (Å²) in [5, 5.41) is 3.08. The van der Waals surface area contributed by atoms with E-state index in [9.17, 15) is 4.79 Å². The van der Waals surface area contributed by atoms with Gasteiger partial charge in [-0.3, -0.25) is 0 Å². The first kappa shape index (κ1) is 20.4. The molecule has 0 fully saturated rings. The van der Waals surface area contributed by atoms with Gasteiger partial charge in [-0.15, -0.1) is 0 Å². The monoisotopic (exact) mass is 487 g/mol. The molecule has 160 valence electrons. The Balaban J connectivity index is 1.62. The predicted octanol–water partition coefficient (Wildman–Crippen LogP) is 6.39. The number of amides is 2. The largest absolute Gasteiger partial charge is 0.497 e. The van der Waals surface area contributed by atoms with E-state index in [-0.39, 0.29) is 12.1 Å². The van der Waals surface area contributed by atoms with Crippen LogP contribution < -0.4 is 10.1 Å². The summed E-state index contributed by atoms with van der Waals surface area (Å²) in [5.41, 5.74) is 4.97. The highest BCUT2D eigenvalue weighted by molar-refractivity contribution is 9.10. The first-order valence-electron chi connectivity index (χ1n) is 10.4. The number of ether oxygens (including phenoxy) is 1. The fourth-order valence-corrected chi connectivity index (χ4v) is 4.64. The van der Waals surface area contributed by atoms with Gasteiger partial charge in [-0.2, -0.15) is 0 Å². The van der Waals surface area contributed by atoms with Gasteiger partial charge in [0.15, 0.2) is 0 Å². The lowest BCUT2D eigenvalue weighted by atomic mass is 10.0. The molecule has 1 aliphatic heterocycles. The number of fused-ring (bicyclic) bond motifs is 3. The number of carbonyl (C=O) groups is 1. The quantitative estimate of drug-likeness (QED) is 0.364. The standard InChI is InChI=1S/C26H22BrN3O2/c1-32-22-13-11-18(12-14-22)25-24-10-5-15-29(24)23-9-3-2-6-19(23)17-30(25)26(31)28-21-8-4-7-20(27)16-21/h2-16,25H,17H2,1H3,(H,28,31). The van der Waals surface area contributed by atoms with Gasteiger partial charge in [-0.1, -0.05) is 52.3 Å². The van der Waals surface area contributed by atoms with Crippen molar-refractivity contribution in [3.05, 3.63) is 112 Å². The number of para-hydroxylation sites is 1. The second-order valence-electron chi connectivity index (χ2n) is 7.68. The van der Waals surface area contributed by atoms with Gasteiger partial charge in [0.25, 0.3) is 0 Å². The Morgan fingerprint density at radius 3 is 2.59 bits per heavy atom. The highest BCUT2D eigenvalue weighted by Gasteiger charge is 2.33.